The third-order valence-electron chi connectivity index (χ3n) is 12.0. The molecule has 0 aliphatic heterocycles. The average molecular weight is 835 g/mol. The fourth-order valence-corrected chi connectivity index (χ4v) is 8.04. The van der Waals surface area contributed by atoms with Gasteiger partial charge in [0.1, 0.15) is 13.2 Å². The molecule has 0 radical (unpaired) electrons. The number of carbonyl (C=O) groups excluding carboxylic acids is 3. The van der Waals surface area contributed by atoms with Gasteiger partial charge in [-0.1, -0.05) is 259 Å². The molecule has 0 heterocycles. The zero-order valence-corrected chi connectivity index (χ0v) is 40.2. The summed E-state index contributed by atoms with van der Waals surface area (Å²) in [7, 11) is 0. The molecule has 350 valence electrons. The highest BCUT2D eigenvalue weighted by Gasteiger charge is 2.19. The molecule has 0 bridgehead atoms. The maximum absolute atomic E-state index is 12.8. The van der Waals surface area contributed by atoms with Crippen LogP contribution in [0.3, 0.4) is 0 Å². The van der Waals surface area contributed by atoms with E-state index in [1.165, 1.54) is 193 Å². The SMILES string of the molecule is CCCCCCCCCCCCCCCC(=O)OC[C@H](COC(=O)CCCCCCCCCCCCCCCCC(C)C)OC(=O)CCCCCCCCCCCCC. The monoisotopic (exact) mass is 835 g/mol. The maximum Gasteiger partial charge on any atom is 0.306 e. The summed E-state index contributed by atoms with van der Waals surface area (Å²) in [6.07, 6.45) is 49.4. The van der Waals surface area contributed by atoms with E-state index in [9.17, 15) is 14.4 Å². The van der Waals surface area contributed by atoms with Crippen molar-refractivity contribution in [2.45, 2.75) is 303 Å². The van der Waals surface area contributed by atoms with Gasteiger partial charge in [0.25, 0.3) is 0 Å². The predicted molar refractivity (Wildman–Crippen MR) is 252 cm³/mol. The van der Waals surface area contributed by atoms with Crippen LogP contribution in [0, 0.1) is 5.92 Å². The Kier molecular flexibility index (Phi) is 46.2. The molecule has 6 nitrogen and oxygen atoms in total. The van der Waals surface area contributed by atoms with Gasteiger partial charge in [-0.2, -0.15) is 0 Å². The number of carbonyl (C=O) groups is 3. The highest BCUT2D eigenvalue weighted by Crippen LogP contribution is 2.17. The molecule has 0 spiro atoms. The first-order valence-electron chi connectivity index (χ1n) is 26.4. The maximum atomic E-state index is 12.8. The van der Waals surface area contributed by atoms with Crippen molar-refractivity contribution in [3.8, 4) is 0 Å². The summed E-state index contributed by atoms with van der Waals surface area (Å²) in [5.74, 6) is 0.00180. The number of esters is 3. The molecule has 6 heteroatoms. The normalized spacial score (nSPS) is 11.9. The topological polar surface area (TPSA) is 78.9 Å². The van der Waals surface area contributed by atoms with E-state index in [2.05, 4.69) is 27.7 Å². The van der Waals surface area contributed by atoms with Gasteiger partial charge in [0.05, 0.1) is 0 Å². The lowest BCUT2D eigenvalue weighted by Crippen LogP contribution is -2.30. The molecule has 0 aliphatic rings. The van der Waals surface area contributed by atoms with E-state index in [0.717, 1.165) is 63.7 Å². The fourth-order valence-electron chi connectivity index (χ4n) is 8.04. The smallest absolute Gasteiger partial charge is 0.306 e. The molecule has 1 atom stereocenters. The fraction of sp³-hybridized carbons (Fsp3) is 0.943. The van der Waals surface area contributed by atoms with Crippen molar-refractivity contribution in [1.82, 2.24) is 0 Å². The minimum atomic E-state index is -0.760. The molecule has 0 amide bonds. The molecule has 0 aliphatic carbocycles. The molecule has 0 aromatic heterocycles. The van der Waals surface area contributed by atoms with E-state index < -0.39 is 6.10 Å². The van der Waals surface area contributed by atoms with Crippen LogP contribution in [0.15, 0.2) is 0 Å². The van der Waals surface area contributed by atoms with Gasteiger partial charge in [-0.05, 0) is 25.2 Å². The van der Waals surface area contributed by atoms with Crippen LogP contribution in [-0.4, -0.2) is 37.2 Å². The lowest BCUT2D eigenvalue weighted by Gasteiger charge is -2.18. The third kappa shape index (κ3) is 47.3. The molecule has 0 aromatic carbocycles. The number of hydrogen-bond donors (Lipinski definition) is 0. The van der Waals surface area contributed by atoms with Gasteiger partial charge >= 0.3 is 17.9 Å². The van der Waals surface area contributed by atoms with Crippen LogP contribution in [0.4, 0.5) is 0 Å². The first-order valence-corrected chi connectivity index (χ1v) is 26.4. The van der Waals surface area contributed by atoms with Gasteiger partial charge in [-0.25, -0.2) is 0 Å². The summed E-state index contributed by atoms with van der Waals surface area (Å²) in [4.78, 5) is 37.9. The second kappa shape index (κ2) is 47.5. The number of ether oxygens (including phenoxy) is 3. The van der Waals surface area contributed by atoms with Crippen LogP contribution in [0.1, 0.15) is 297 Å². The highest BCUT2D eigenvalue weighted by molar-refractivity contribution is 5.71. The minimum absolute atomic E-state index is 0.0625. The van der Waals surface area contributed by atoms with Crippen molar-refractivity contribution < 1.29 is 28.6 Å². The standard InChI is InChI=1S/C53H102O6/c1-5-7-9-11-13-15-17-20-25-28-32-36-40-44-51(54)57-47-50(59-53(56)46-42-38-34-30-23-16-14-12-10-8-6-2)48-58-52(55)45-41-37-33-29-26-22-19-18-21-24-27-31-35-39-43-49(3)4/h49-50H,5-48H2,1-4H3/t50-/m1/s1. The summed E-state index contributed by atoms with van der Waals surface area (Å²) in [5.41, 5.74) is 0. The van der Waals surface area contributed by atoms with E-state index in [1.54, 1.807) is 0 Å². The van der Waals surface area contributed by atoms with E-state index >= 15 is 0 Å². The largest absolute Gasteiger partial charge is 0.462 e. The molecular formula is C53H102O6. The molecule has 0 fully saturated rings. The van der Waals surface area contributed by atoms with Crippen molar-refractivity contribution in [3.63, 3.8) is 0 Å². The molecule has 0 saturated carbocycles. The Balaban J connectivity index is 4.26. The molecule has 0 rings (SSSR count). The quantitative estimate of drug-likeness (QED) is 0.0345. The van der Waals surface area contributed by atoms with Gasteiger partial charge in [0, 0.05) is 19.3 Å². The van der Waals surface area contributed by atoms with Crippen molar-refractivity contribution >= 4 is 17.9 Å². The molecule has 0 N–H and O–H groups in total. The second-order valence-corrected chi connectivity index (χ2v) is 18.6. The first-order chi connectivity index (χ1) is 28.9. The lowest BCUT2D eigenvalue weighted by molar-refractivity contribution is -0.167. The summed E-state index contributed by atoms with van der Waals surface area (Å²) in [5, 5.41) is 0. The van der Waals surface area contributed by atoms with Crippen LogP contribution in [0.5, 0.6) is 0 Å². The number of rotatable bonds is 48. The Hall–Kier alpha value is -1.59. The predicted octanol–water partition coefficient (Wildman–Crippen LogP) is 17.1. The van der Waals surface area contributed by atoms with Gasteiger partial charge in [0.15, 0.2) is 6.10 Å². The zero-order chi connectivity index (χ0) is 43.1. The van der Waals surface area contributed by atoms with E-state index in [-0.39, 0.29) is 31.1 Å². The van der Waals surface area contributed by atoms with E-state index in [0.29, 0.717) is 19.3 Å². The number of hydrogen-bond acceptors (Lipinski definition) is 6. The average Bonchev–Trinajstić information content (AvgIpc) is 3.22. The molecule has 0 aromatic rings. The molecule has 0 saturated heterocycles. The van der Waals surface area contributed by atoms with Crippen molar-refractivity contribution in [3.05, 3.63) is 0 Å². The Morgan fingerprint density at radius 3 is 0.831 bits per heavy atom. The van der Waals surface area contributed by atoms with Gasteiger partial charge in [0.2, 0.25) is 0 Å². The van der Waals surface area contributed by atoms with Crippen LogP contribution in [0.25, 0.3) is 0 Å². The Labute approximate surface area is 368 Å². The van der Waals surface area contributed by atoms with Gasteiger partial charge in [-0.15, -0.1) is 0 Å². The van der Waals surface area contributed by atoms with Crippen LogP contribution >= 0.6 is 0 Å². The molecular weight excluding hydrogens is 733 g/mol. The van der Waals surface area contributed by atoms with Crippen LogP contribution in [-0.2, 0) is 28.6 Å². The first kappa shape index (κ1) is 57.4. The van der Waals surface area contributed by atoms with Crippen molar-refractivity contribution in [2.75, 3.05) is 13.2 Å². The van der Waals surface area contributed by atoms with Gasteiger partial charge < -0.3 is 14.2 Å². The second-order valence-electron chi connectivity index (χ2n) is 18.6. The van der Waals surface area contributed by atoms with E-state index in [1.807, 2.05) is 0 Å². The molecule has 59 heavy (non-hydrogen) atoms. The molecule has 0 unspecified atom stereocenters. The Morgan fingerprint density at radius 2 is 0.559 bits per heavy atom. The zero-order valence-electron chi connectivity index (χ0n) is 40.2. The summed E-state index contributed by atoms with van der Waals surface area (Å²) >= 11 is 0. The number of unbranched alkanes of at least 4 members (excludes halogenated alkanes) is 35. The summed E-state index contributed by atoms with van der Waals surface area (Å²) in [6, 6.07) is 0. The minimum Gasteiger partial charge on any atom is -0.462 e. The third-order valence-corrected chi connectivity index (χ3v) is 12.0. The van der Waals surface area contributed by atoms with Crippen molar-refractivity contribution in [2.24, 2.45) is 5.92 Å². The van der Waals surface area contributed by atoms with E-state index in [4.69, 9.17) is 14.2 Å². The Morgan fingerprint density at radius 1 is 0.322 bits per heavy atom. The lowest BCUT2D eigenvalue weighted by atomic mass is 10.0. The van der Waals surface area contributed by atoms with Crippen molar-refractivity contribution in [1.29, 1.82) is 0 Å². The summed E-state index contributed by atoms with van der Waals surface area (Å²) < 4.78 is 16.8. The van der Waals surface area contributed by atoms with Crippen LogP contribution in [0.2, 0.25) is 0 Å². The highest BCUT2D eigenvalue weighted by atomic mass is 16.6. The van der Waals surface area contributed by atoms with Gasteiger partial charge in [-0.3, -0.25) is 14.4 Å². The summed E-state index contributed by atoms with van der Waals surface area (Å²) in [6.45, 7) is 9.03. The Bertz CT molecular complexity index is 887. The van der Waals surface area contributed by atoms with Crippen LogP contribution < -0.4 is 0 Å².